The van der Waals surface area contributed by atoms with E-state index < -0.39 is 11.5 Å². The molecule has 1 aromatic rings. The van der Waals surface area contributed by atoms with Gasteiger partial charge in [-0.3, -0.25) is 9.59 Å². The van der Waals surface area contributed by atoms with E-state index in [1.54, 1.807) is 0 Å². The van der Waals surface area contributed by atoms with Gasteiger partial charge in [-0.2, -0.15) is 0 Å². The van der Waals surface area contributed by atoms with E-state index in [-0.39, 0.29) is 35.5 Å². The number of benzene rings is 1. The third kappa shape index (κ3) is 2.05. The number of Topliss-reactive ketones (excluding diaryl/α,β-unsaturated/α-hetero) is 2. The van der Waals surface area contributed by atoms with Crippen LogP contribution in [0.3, 0.4) is 0 Å². The second-order valence-corrected chi connectivity index (χ2v) is 4.49. The van der Waals surface area contributed by atoms with E-state index in [1.807, 2.05) is 0 Å². The van der Waals surface area contributed by atoms with Gasteiger partial charge in [0.1, 0.15) is 11.5 Å². The van der Waals surface area contributed by atoms with E-state index in [4.69, 9.17) is 0 Å². The Hall–Kier alpha value is -2.62. The summed E-state index contributed by atoms with van der Waals surface area (Å²) in [6.45, 7) is 7.15. The zero-order chi connectivity index (χ0) is 14.9. The molecule has 0 unspecified atom stereocenters. The summed E-state index contributed by atoms with van der Waals surface area (Å²) in [6.07, 6.45) is 3.57. The van der Waals surface area contributed by atoms with Crippen LogP contribution in [0.4, 0.5) is 0 Å². The van der Waals surface area contributed by atoms with E-state index in [9.17, 15) is 19.8 Å². The normalized spacial score (nSPS) is 14.2. The van der Waals surface area contributed by atoms with Gasteiger partial charge in [-0.25, -0.2) is 0 Å². The molecule has 0 aliphatic heterocycles. The van der Waals surface area contributed by atoms with Gasteiger partial charge in [0.05, 0.1) is 5.56 Å². The summed E-state index contributed by atoms with van der Waals surface area (Å²) in [4.78, 5) is 24.9. The Morgan fingerprint density at radius 1 is 0.950 bits per heavy atom. The van der Waals surface area contributed by atoms with E-state index in [1.165, 1.54) is 18.2 Å². The molecule has 0 atom stereocenters. The van der Waals surface area contributed by atoms with Crippen molar-refractivity contribution in [1.29, 1.82) is 0 Å². The lowest BCUT2D eigenvalue weighted by Gasteiger charge is -2.20. The average molecular weight is 270 g/mol. The Balaban J connectivity index is 2.72. The highest BCUT2D eigenvalue weighted by Gasteiger charge is 2.33. The predicted octanol–water partition coefficient (Wildman–Crippen LogP) is 2.93. The van der Waals surface area contributed by atoms with Gasteiger partial charge in [-0.1, -0.05) is 12.2 Å². The minimum Gasteiger partial charge on any atom is -0.508 e. The maximum absolute atomic E-state index is 12.4. The topological polar surface area (TPSA) is 74.6 Å². The molecule has 0 radical (unpaired) electrons. The van der Waals surface area contributed by atoms with Crippen molar-refractivity contribution < 1.29 is 19.8 Å². The first kappa shape index (κ1) is 13.8. The molecule has 0 spiro atoms. The number of ketones is 2. The molecule has 0 bridgehead atoms. The number of rotatable bonds is 4. The highest BCUT2D eigenvalue weighted by Crippen LogP contribution is 2.37. The standard InChI is InChI=1S/C16H14O4/c1-3-5-10-11(6-4-2)16(20)14-12(15(10)19)7-9(17)8-13(14)18/h3-4,7-8,17-18H,1-2,5-6H2. The summed E-state index contributed by atoms with van der Waals surface area (Å²) in [5, 5.41) is 19.3. The van der Waals surface area contributed by atoms with Crippen LogP contribution >= 0.6 is 0 Å². The Kier molecular flexibility index (Phi) is 3.57. The highest BCUT2D eigenvalue weighted by molar-refractivity contribution is 6.28. The molecule has 4 nitrogen and oxygen atoms in total. The number of carbonyl (C=O) groups is 2. The predicted molar refractivity (Wildman–Crippen MR) is 75.1 cm³/mol. The zero-order valence-corrected chi connectivity index (χ0v) is 10.8. The Bertz CT molecular complexity index is 665. The number of hydrogen-bond donors (Lipinski definition) is 2. The molecule has 2 N–H and O–H groups in total. The number of hydrogen-bond acceptors (Lipinski definition) is 4. The summed E-state index contributed by atoms with van der Waals surface area (Å²) < 4.78 is 0. The van der Waals surface area contributed by atoms with Crippen molar-refractivity contribution in [2.24, 2.45) is 0 Å². The monoisotopic (exact) mass is 270 g/mol. The van der Waals surface area contributed by atoms with Crippen LogP contribution in [0.15, 0.2) is 48.6 Å². The molecule has 2 rings (SSSR count). The highest BCUT2D eigenvalue weighted by atomic mass is 16.3. The number of fused-ring (bicyclic) bond motifs is 1. The lowest BCUT2D eigenvalue weighted by molar-refractivity contribution is 0.0968. The van der Waals surface area contributed by atoms with Crippen LogP contribution < -0.4 is 0 Å². The first-order valence-electron chi connectivity index (χ1n) is 6.10. The summed E-state index contributed by atoms with van der Waals surface area (Å²) >= 11 is 0. The van der Waals surface area contributed by atoms with E-state index in [2.05, 4.69) is 13.2 Å². The van der Waals surface area contributed by atoms with Crippen LogP contribution in [-0.4, -0.2) is 21.8 Å². The largest absolute Gasteiger partial charge is 0.508 e. The zero-order valence-electron chi connectivity index (χ0n) is 10.8. The molecule has 20 heavy (non-hydrogen) atoms. The van der Waals surface area contributed by atoms with Gasteiger partial charge in [0.25, 0.3) is 0 Å². The van der Waals surface area contributed by atoms with Gasteiger partial charge in [0.2, 0.25) is 0 Å². The maximum atomic E-state index is 12.4. The molecule has 4 heteroatoms. The third-order valence-electron chi connectivity index (χ3n) is 3.18. The van der Waals surface area contributed by atoms with Gasteiger partial charge in [0.15, 0.2) is 11.6 Å². The minimum absolute atomic E-state index is 0.0252. The maximum Gasteiger partial charge on any atom is 0.194 e. The van der Waals surface area contributed by atoms with Crippen LogP contribution in [0, 0.1) is 0 Å². The SMILES string of the molecule is C=CCC1=C(CC=C)C(=O)c2c(O)cc(O)cc2C1=O. The molecule has 0 fully saturated rings. The molecule has 0 heterocycles. The van der Waals surface area contributed by atoms with Gasteiger partial charge < -0.3 is 10.2 Å². The Morgan fingerprint density at radius 3 is 2.05 bits per heavy atom. The van der Waals surface area contributed by atoms with E-state index >= 15 is 0 Å². The van der Waals surface area contributed by atoms with Crippen molar-refractivity contribution in [3.63, 3.8) is 0 Å². The average Bonchev–Trinajstić information content (AvgIpc) is 2.39. The van der Waals surface area contributed by atoms with Gasteiger partial charge in [-0.15, -0.1) is 13.2 Å². The molecule has 0 aromatic heterocycles. The fourth-order valence-corrected chi connectivity index (χ4v) is 2.34. The van der Waals surface area contributed by atoms with Crippen molar-refractivity contribution in [3.05, 3.63) is 59.7 Å². The van der Waals surface area contributed by atoms with Crippen LogP contribution in [-0.2, 0) is 0 Å². The molecular weight excluding hydrogens is 256 g/mol. The van der Waals surface area contributed by atoms with Crippen LogP contribution in [0.5, 0.6) is 11.5 Å². The lowest BCUT2D eigenvalue weighted by Crippen LogP contribution is -2.22. The second-order valence-electron chi connectivity index (χ2n) is 4.49. The second kappa shape index (κ2) is 5.17. The lowest BCUT2D eigenvalue weighted by atomic mass is 9.81. The number of phenols is 2. The first-order valence-corrected chi connectivity index (χ1v) is 6.10. The van der Waals surface area contributed by atoms with Crippen LogP contribution in [0.25, 0.3) is 0 Å². The van der Waals surface area contributed by atoms with E-state index in [0.29, 0.717) is 11.1 Å². The van der Waals surface area contributed by atoms with E-state index in [0.717, 1.165) is 6.07 Å². The fourth-order valence-electron chi connectivity index (χ4n) is 2.34. The summed E-state index contributed by atoms with van der Waals surface area (Å²) in [7, 11) is 0. The molecular formula is C16H14O4. The number of carbonyl (C=O) groups excluding carboxylic acids is 2. The van der Waals surface area contributed by atoms with Crippen LogP contribution in [0.2, 0.25) is 0 Å². The van der Waals surface area contributed by atoms with Gasteiger partial charge >= 0.3 is 0 Å². The number of aromatic hydroxyl groups is 2. The van der Waals surface area contributed by atoms with Crippen molar-refractivity contribution in [2.75, 3.05) is 0 Å². The molecule has 102 valence electrons. The fraction of sp³-hybridized carbons (Fsp3) is 0.125. The van der Waals surface area contributed by atoms with Crippen molar-refractivity contribution in [2.45, 2.75) is 12.8 Å². The molecule has 1 aliphatic carbocycles. The van der Waals surface area contributed by atoms with Crippen molar-refractivity contribution in [1.82, 2.24) is 0 Å². The molecule has 0 saturated carbocycles. The summed E-state index contributed by atoms with van der Waals surface area (Å²) in [5.41, 5.74) is 0.621. The number of phenolic OH excluding ortho intramolecular Hbond substituents is 2. The van der Waals surface area contributed by atoms with Gasteiger partial charge in [0, 0.05) is 22.8 Å². The summed E-state index contributed by atoms with van der Waals surface area (Å²) in [5.74, 6) is -1.43. The Morgan fingerprint density at radius 2 is 1.50 bits per heavy atom. The molecule has 0 amide bonds. The van der Waals surface area contributed by atoms with Crippen molar-refractivity contribution in [3.8, 4) is 11.5 Å². The first-order chi connectivity index (χ1) is 9.51. The molecule has 0 saturated heterocycles. The number of allylic oxidation sites excluding steroid dienone is 4. The van der Waals surface area contributed by atoms with Gasteiger partial charge in [-0.05, 0) is 18.9 Å². The molecule has 1 aromatic carbocycles. The quantitative estimate of drug-likeness (QED) is 0.825. The van der Waals surface area contributed by atoms with Crippen LogP contribution in [0.1, 0.15) is 33.6 Å². The molecule has 1 aliphatic rings. The smallest absolute Gasteiger partial charge is 0.194 e. The third-order valence-corrected chi connectivity index (χ3v) is 3.18. The minimum atomic E-state index is -0.408. The summed E-state index contributed by atoms with van der Waals surface area (Å²) in [6, 6.07) is 2.25. The Labute approximate surface area is 116 Å². The van der Waals surface area contributed by atoms with Crippen molar-refractivity contribution >= 4 is 11.6 Å².